The normalized spacial score (nSPS) is 12.6. The second kappa shape index (κ2) is 5.58. The molecule has 0 aliphatic heterocycles. The number of halogens is 2. The molecular formula is C19H20F2N2O. The second-order valence-corrected chi connectivity index (χ2v) is 6.76. The van der Waals surface area contributed by atoms with Crippen LogP contribution in [0.1, 0.15) is 33.5 Å². The molecular weight excluding hydrogens is 310 g/mol. The van der Waals surface area contributed by atoms with E-state index < -0.39 is 11.5 Å². The highest BCUT2D eigenvalue weighted by Crippen LogP contribution is 2.28. The van der Waals surface area contributed by atoms with Crippen LogP contribution in [0.3, 0.4) is 0 Å². The summed E-state index contributed by atoms with van der Waals surface area (Å²) in [6, 6.07) is 11.0. The second-order valence-electron chi connectivity index (χ2n) is 6.76. The number of ether oxygens (including phenoxy) is 1. The van der Waals surface area contributed by atoms with E-state index in [-0.39, 0.29) is 0 Å². The quantitative estimate of drug-likeness (QED) is 0.650. The van der Waals surface area contributed by atoms with Crippen LogP contribution in [0, 0.1) is 0 Å². The summed E-state index contributed by atoms with van der Waals surface area (Å²) in [7, 11) is 0. The van der Waals surface area contributed by atoms with E-state index in [0.717, 1.165) is 16.6 Å². The molecule has 0 fully saturated rings. The van der Waals surface area contributed by atoms with E-state index in [0.29, 0.717) is 11.6 Å². The summed E-state index contributed by atoms with van der Waals surface area (Å²) in [6.07, 6.45) is 3.51. The maximum atomic E-state index is 14.3. The molecule has 126 valence electrons. The van der Waals surface area contributed by atoms with Crippen LogP contribution in [0.5, 0.6) is 5.75 Å². The van der Waals surface area contributed by atoms with Gasteiger partial charge in [-0.05, 0) is 43.2 Å². The first-order chi connectivity index (χ1) is 11.1. The molecule has 3 rings (SSSR count). The SMILES string of the molecule is CC(C)(F)Oc1ccc(-c2ccc3cnc(C(C)(C)F)n3c2)cc1. The zero-order valence-electron chi connectivity index (χ0n) is 14.2. The average Bonchev–Trinajstić information content (AvgIpc) is 2.89. The number of alkyl halides is 2. The Kier molecular flexibility index (Phi) is 3.82. The number of hydrogen-bond acceptors (Lipinski definition) is 2. The van der Waals surface area contributed by atoms with Gasteiger partial charge in [0.05, 0.1) is 11.7 Å². The minimum Gasteiger partial charge on any atom is -0.459 e. The largest absolute Gasteiger partial charge is 0.459 e. The van der Waals surface area contributed by atoms with Gasteiger partial charge >= 0.3 is 0 Å². The lowest BCUT2D eigenvalue weighted by atomic mass is 10.1. The predicted octanol–water partition coefficient (Wildman–Crippen LogP) is 5.29. The van der Waals surface area contributed by atoms with Crippen molar-refractivity contribution in [2.24, 2.45) is 0 Å². The molecule has 0 bridgehead atoms. The zero-order chi connectivity index (χ0) is 17.5. The molecule has 3 nitrogen and oxygen atoms in total. The van der Waals surface area contributed by atoms with Crippen LogP contribution in [0.2, 0.25) is 0 Å². The molecule has 0 radical (unpaired) electrons. The number of hydrogen-bond donors (Lipinski definition) is 0. The van der Waals surface area contributed by atoms with Gasteiger partial charge in [0.2, 0.25) is 5.85 Å². The van der Waals surface area contributed by atoms with E-state index in [1.165, 1.54) is 27.7 Å². The first-order valence-corrected chi connectivity index (χ1v) is 7.78. The number of fused-ring (bicyclic) bond motifs is 1. The minimum absolute atomic E-state index is 0.360. The van der Waals surface area contributed by atoms with E-state index in [1.54, 1.807) is 22.7 Å². The molecule has 0 aliphatic carbocycles. The molecule has 0 aliphatic rings. The number of nitrogens with zero attached hydrogens (tertiary/aromatic N) is 2. The van der Waals surface area contributed by atoms with Crippen molar-refractivity contribution in [1.82, 2.24) is 9.38 Å². The molecule has 24 heavy (non-hydrogen) atoms. The molecule has 2 aromatic heterocycles. The van der Waals surface area contributed by atoms with Crippen molar-refractivity contribution >= 4 is 5.52 Å². The van der Waals surface area contributed by atoms with Gasteiger partial charge in [-0.1, -0.05) is 18.2 Å². The smallest absolute Gasteiger partial charge is 0.242 e. The lowest BCUT2D eigenvalue weighted by Crippen LogP contribution is -2.20. The van der Waals surface area contributed by atoms with Crippen molar-refractivity contribution < 1.29 is 13.5 Å². The van der Waals surface area contributed by atoms with Crippen LogP contribution in [-0.2, 0) is 5.67 Å². The van der Waals surface area contributed by atoms with E-state index >= 15 is 0 Å². The van der Waals surface area contributed by atoms with Crippen molar-refractivity contribution in [3.05, 3.63) is 54.6 Å². The third kappa shape index (κ3) is 3.40. The maximum absolute atomic E-state index is 14.3. The Morgan fingerprint density at radius 2 is 1.54 bits per heavy atom. The molecule has 0 amide bonds. The Hall–Kier alpha value is -2.43. The average molecular weight is 330 g/mol. The van der Waals surface area contributed by atoms with Gasteiger partial charge in [-0.2, -0.15) is 4.39 Å². The number of benzene rings is 1. The molecule has 0 N–H and O–H groups in total. The highest BCUT2D eigenvalue weighted by atomic mass is 19.2. The van der Waals surface area contributed by atoms with Crippen molar-refractivity contribution in [3.8, 4) is 16.9 Å². The third-order valence-electron chi connectivity index (χ3n) is 3.61. The summed E-state index contributed by atoms with van der Waals surface area (Å²) in [5, 5.41) is 0. The van der Waals surface area contributed by atoms with Gasteiger partial charge in [0.25, 0.3) is 0 Å². The van der Waals surface area contributed by atoms with Crippen molar-refractivity contribution in [2.45, 2.75) is 39.2 Å². The molecule has 0 spiro atoms. The monoisotopic (exact) mass is 330 g/mol. The highest BCUT2D eigenvalue weighted by Gasteiger charge is 2.24. The van der Waals surface area contributed by atoms with E-state index in [1.807, 2.05) is 30.5 Å². The van der Waals surface area contributed by atoms with Crippen LogP contribution in [0.25, 0.3) is 16.6 Å². The Morgan fingerprint density at radius 1 is 0.917 bits per heavy atom. The van der Waals surface area contributed by atoms with Crippen LogP contribution < -0.4 is 4.74 Å². The van der Waals surface area contributed by atoms with Crippen LogP contribution >= 0.6 is 0 Å². The lowest BCUT2D eigenvalue weighted by molar-refractivity contribution is -0.0256. The fourth-order valence-corrected chi connectivity index (χ4v) is 2.60. The molecule has 3 aromatic rings. The van der Waals surface area contributed by atoms with Crippen LogP contribution in [0.4, 0.5) is 8.78 Å². The summed E-state index contributed by atoms with van der Waals surface area (Å²) >= 11 is 0. The van der Waals surface area contributed by atoms with E-state index in [4.69, 9.17) is 4.74 Å². The molecule has 0 atom stereocenters. The summed E-state index contributed by atoms with van der Waals surface area (Å²) in [5.74, 6) is -0.905. The predicted molar refractivity (Wildman–Crippen MR) is 90.6 cm³/mol. The van der Waals surface area contributed by atoms with Gasteiger partial charge in [-0.3, -0.25) is 0 Å². The Morgan fingerprint density at radius 3 is 2.12 bits per heavy atom. The minimum atomic E-state index is -1.72. The third-order valence-corrected chi connectivity index (χ3v) is 3.61. The highest BCUT2D eigenvalue weighted by molar-refractivity contribution is 5.66. The van der Waals surface area contributed by atoms with E-state index in [2.05, 4.69) is 4.98 Å². The molecule has 0 saturated heterocycles. The Balaban J connectivity index is 1.97. The Labute approximate surface area is 139 Å². The van der Waals surface area contributed by atoms with E-state index in [9.17, 15) is 8.78 Å². The van der Waals surface area contributed by atoms with Crippen molar-refractivity contribution in [2.75, 3.05) is 0 Å². The van der Waals surface area contributed by atoms with Crippen LogP contribution in [-0.4, -0.2) is 15.2 Å². The van der Waals surface area contributed by atoms with Gasteiger partial charge in [-0.15, -0.1) is 0 Å². The topological polar surface area (TPSA) is 26.5 Å². The Bertz CT molecular complexity index is 856. The number of pyridine rings is 1. The van der Waals surface area contributed by atoms with Gasteiger partial charge in [0.1, 0.15) is 11.6 Å². The molecule has 0 saturated carbocycles. The standard InChI is InChI=1S/C19H20F2N2O/c1-18(2,20)17-22-11-15-8-5-14(12-23(15)17)13-6-9-16(10-7-13)24-19(3,4)21/h5-12H,1-4H3. The van der Waals surface area contributed by atoms with Gasteiger partial charge in [-0.25, -0.2) is 9.37 Å². The fourth-order valence-electron chi connectivity index (χ4n) is 2.60. The molecule has 0 unspecified atom stereocenters. The van der Waals surface area contributed by atoms with Crippen LogP contribution in [0.15, 0.2) is 48.8 Å². The fraction of sp³-hybridized carbons (Fsp3) is 0.316. The lowest BCUT2D eigenvalue weighted by Gasteiger charge is -2.17. The molecule has 1 aromatic carbocycles. The van der Waals surface area contributed by atoms with Gasteiger partial charge < -0.3 is 9.14 Å². The summed E-state index contributed by atoms with van der Waals surface area (Å²) in [5.41, 5.74) is 1.14. The maximum Gasteiger partial charge on any atom is 0.242 e. The zero-order valence-corrected chi connectivity index (χ0v) is 14.2. The van der Waals surface area contributed by atoms with Gasteiger partial charge in [0, 0.05) is 20.0 Å². The number of imidazole rings is 1. The van der Waals surface area contributed by atoms with Gasteiger partial charge in [0.15, 0.2) is 5.67 Å². The summed E-state index contributed by atoms with van der Waals surface area (Å²) in [4.78, 5) is 4.18. The number of rotatable bonds is 4. The molecule has 5 heteroatoms. The molecule has 2 heterocycles. The summed E-state index contributed by atoms with van der Waals surface area (Å²) in [6.45, 7) is 5.68. The van der Waals surface area contributed by atoms with Crippen molar-refractivity contribution in [3.63, 3.8) is 0 Å². The summed E-state index contributed by atoms with van der Waals surface area (Å²) < 4.78 is 34.8. The first kappa shape index (κ1) is 16.4. The number of aromatic nitrogens is 2. The first-order valence-electron chi connectivity index (χ1n) is 7.78. The van der Waals surface area contributed by atoms with Crippen molar-refractivity contribution in [1.29, 1.82) is 0 Å².